The highest BCUT2D eigenvalue weighted by Crippen LogP contribution is 2.30. The number of cyclic esters (lactones) is 1. The second kappa shape index (κ2) is 13.8. The van der Waals surface area contributed by atoms with E-state index in [2.05, 4.69) is 11.2 Å². The summed E-state index contributed by atoms with van der Waals surface area (Å²) in [5.74, 6) is -1.18. The number of allylic oxidation sites excluding steroid dienone is 1. The number of piperidine rings is 1. The first-order valence-electron chi connectivity index (χ1n) is 12.8. The third-order valence-electron chi connectivity index (χ3n) is 6.41. The predicted molar refractivity (Wildman–Crippen MR) is 134 cm³/mol. The molecular weight excluding hydrogens is 448 g/mol. The minimum absolute atomic E-state index is 0.0297. The fourth-order valence-electron chi connectivity index (χ4n) is 4.56. The van der Waals surface area contributed by atoms with Crippen molar-refractivity contribution in [2.75, 3.05) is 19.7 Å². The molecule has 2 aliphatic rings. The summed E-state index contributed by atoms with van der Waals surface area (Å²) in [4.78, 5) is 32.8. The standard InChI is InChI=1S/C27H38N2O6/c1-2-11-23-13-8-5-3-4-7-12-21(28-34-19-25(32)29-14-9-6-10-15-29)16-20-17-22(30)18-24(31)26(20)27(33)35-23/h5,8,17-18,23,30-31H,2-4,6-7,9-16,19H2,1H3. The average Bonchev–Trinajstić information content (AvgIpc) is 2.82. The molecule has 1 amide bonds. The molecule has 35 heavy (non-hydrogen) atoms. The summed E-state index contributed by atoms with van der Waals surface area (Å²) in [5, 5.41) is 24.9. The minimum Gasteiger partial charge on any atom is -0.508 e. The first-order valence-corrected chi connectivity index (χ1v) is 12.8. The Morgan fingerprint density at radius 3 is 2.71 bits per heavy atom. The summed E-state index contributed by atoms with van der Waals surface area (Å²) in [7, 11) is 0. The molecule has 8 nitrogen and oxygen atoms in total. The van der Waals surface area contributed by atoms with Gasteiger partial charge in [0.25, 0.3) is 5.91 Å². The van der Waals surface area contributed by atoms with Crippen LogP contribution < -0.4 is 0 Å². The van der Waals surface area contributed by atoms with E-state index < -0.39 is 5.97 Å². The molecule has 192 valence electrons. The van der Waals surface area contributed by atoms with Crippen LogP contribution in [0.4, 0.5) is 0 Å². The van der Waals surface area contributed by atoms with E-state index in [1.807, 2.05) is 13.0 Å². The number of nitrogens with zero attached hydrogens (tertiary/aromatic N) is 2. The van der Waals surface area contributed by atoms with Crippen LogP contribution in [-0.2, 0) is 20.8 Å². The number of phenolic OH excluding ortho intramolecular Hbond substituents is 2. The number of rotatable bonds is 5. The van der Waals surface area contributed by atoms with E-state index in [1.54, 1.807) is 4.90 Å². The van der Waals surface area contributed by atoms with Gasteiger partial charge < -0.3 is 24.7 Å². The number of oxime groups is 1. The van der Waals surface area contributed by atoms with Crippen LogP contribution in [0.25, 0.3) is 0 Å². The lowest BCUT2D eigenvalue weighted by molar-refractivity contribution is -0.137. The van der Waals surface area contributed by atoms with E-state index in [9.17, 15) is 19.8 Å². The summed E-state index contributed by atoms with van der Waals surface area (Å²) >= 11 is 0. The first kappa shape index (κ1) is 26.6. The molecule has 0 radical (unpaired) electrons. The SMILES string of the molecule is CCCC1CC=CCCCCC(=NOCC(=O)N2CCCCC2)Cc2cc(O)cc(O)c2C(=O)O1. The van der Waals surface area contributed by atoms with Gasteiger partial charge in [0.1, 0.15) is 23.2 Å². The van der Waals surface area contributed by atoms with E-state index in [4.69, 9.17) is 9.57 Å². The fourth-order valence-corrected chi connectivity index (χ4v) is 4.56. The molecule has 2 heterocycles. The largest absolute Gasteiger partial charge is 0.508 e. The number of benzene rings is 1. The Balaban J connectivity index is 1.81. The number of fused-ring (bicyclic) bond motifs is 1. The number of phenols is 2. The molecule has 1 unspecified atom stereocenters. The van der Waals surface area contributed by atoms with E-state index >= 15 is 0 Å². The summed E-state index contributed by atoms with van der Waals surface area (Å²) in [6.07, 6.45) is 12.8. The molecule has 0 aromatic heterocycles. The Kier molecular flexibility index (Phi) is 10.4. The normalized spacial score (nSPS) is 21.2. The van der Waals surface area contributed by atoms with E-state index in [0.717, 1.165) is 70.5 Å². The molecule has 2 aliphatic heterocycles. The monoisotopic (exact) mass is 486 g/mol. The van der Waals surface area contributed by atoms with Crippen LogP contribution in [0.2, 0.25) is 0 Å². The minimum atomic E-state index is -0.623. The van der Waals surface area contributed by atoms with Gasteiger partial charge in [-0.1, -0.05) is 30.7 Å². The molecule has 0 aliphatic carbocycles. The maximum absolute atomic E-state index is 13.1. The fraction of sp³-hybridized carbons (Fsp3) is 0.593. The molecule has 0 bridgehead atoms. The third-order valence-corrected chi connectivity index (χ3v) is 6.41. The second-order valence-corrected chi connectivity index (χ2v) is 9.32. The van der Waals surface area contributed by atoms with Crippen molar-refractivity contribution in [2.45, 2.75) is 83.7 Å². The average molecular weight is 487 g/mol. The van der Waals surface area contributed by atoms with Crippen molar-refractivity contribution in [2.24, 2.45) is 5.16 Å². The first-order chi connectivity index (χ1) is 17.0. The Morgan fingerprint density at radius 2 is 1.94 bits per heavy atom. The number of esters is 1. The van der Waals surface area contributed by atoms with Gasteiger partial charge in [-0.25, -0.2) is 4.79 Å². The molecule has 1 atom stereocenters. The van der Waals surface area contributed by atoms with Gasteiger partial charge in [-0.3, -0.25) is 4.79 Å². The zero-order valence-corrected chi connectivity index (χ0v) is 20.7. The van der Waals surface area contributed by atoms with Crippen LogP contribution >= 0.6 is 0 Å². The molecule has 2 N–H and O–H groups in total. The van der Waals surface area contributed by atoms with E-state index in [1.165, 1.54) is 6.07 Å². The molecule has 1 aromatic carbocycles. The van der Waals surface area contributed by atoms with Crippen LogP contribution in [0, 0.1) is 0 Å². The number of aromatic hydroxyl groups is 2. The number of hydrogen-bond acceptors (Lipinski definition) is 7. The van der Waals surface area contributed by atoms with Gasteiger partial charge in [-0.15, -0.1) is 0 Å². The lowest BCUT2D eigenvalue weighted by Gasteiger charge is -2.26. The summed E-state index contributed by atoms with van der Waals surface area (Å²) in [6.45, 7) is 3.40. The molecular formula is C27H38N2O6. The predicted octanol–water partition coefficient (Wildman–Crippen LogP) is 4.87. The van der Waals surface area contributed by atoms with Gasteiger partial charge >= 0.3 is 5.97 Å². The molecule has 1 aromatic rings. The van der Waals surface area contributed by atoms with Crippen LogP contribution in [0.1, 0.15) is 87.1 Å². The number of likely N-dealkylation sites (tertiary alicyclic amines) is 1. The Hall–Kier alpha value is -3.03. The third kappa shape index (κ3) is 8.30. The zero-order chi connectivity index (χ0) is 25.0. The van der Waals surface area contributed by atoms with E-state index in [0.29, 0.717) is 24.1 Å². The molecule has 0 spiro atoms. The van der Waals surface area contributed by atoms with Crippen LogP contribution in [0.5, 0.6) is 11.5 Å². The molecule has 0 saturated carbocycles. The Labute approximate surface area is 207 Å². The van der Waals surface area contributed by atoms with Gasteiger partial charge in [-0.05, 0) is 63.0 Å². The van der Waals surface area contributed by atoms with Gasteiger partial charge in [0.2, 0.25) is 0 Å². The van der Waals surface area contributed by atoms with Gasteiger partial charge in [-0.2, -0.15) is 0 Å². The highest BCUT2D eigenvalue weighted by molar-refractivity contribution is 5.97. The van der Waals surface area contributed by atoms with Gasteiger partial charge in [0, 0.05) is 32.0 Å². The van der Waals surface area contributed by atoms with Crippen molar-refractivity contribution in [1.29, 1.82) is 0 Å². The van der Waals surface area contributed by atoms with E-state index in [-0.39, 0.29) is 42.1 Å². The lowest BCUT2D eigenvalue weighted by Crippen LogP contribution is -2.37. The Morgan fingerprint density at radius 1 is 1.14 bits per heavy atom. The highest BCUT2D eigenvalue weighted by Gasteiger charge is 2.24. The summed E-state index contributed by atoms with van der Waals surface area (Å²) in [5.41, 5.74) is 1.09. The number of carbonyl (C=O) groups excluding carboxylic acids is 2. The summed E-state index contributed by atoms with van der Waals surface area (Å²) in [6, 6.07) is 2.59. The van der Waals surface area contributed by atoms with Crippen molar-refractivity contribution in [3.63, 3.8) is 0 Å². The molecule has 8 heteroatoms. The number of ether oxygens (including phenoxy) is 1. The zero-order valence-electron chi connectivity index (χ0n) is 20.7. The van der Waals surface area contributed by atoms with Gasteiger partial charge in [0.05, 0.1) is 5.71 Å². The van der Waals surface area contributed by atoms with Crippen molar-refractivity contribution in [1.82, 2.24) is 4.90 Å². The molecule has 1 fully saturated rings. The quantitative estimate of drug-likeness (QED) is 0.349. The van der Waals surface area contributed by atoms with Crippen LogP contribution in [0.3, 0.4) is 0 Å². The number of amides is 1. The highest BCUT2D eigenvalue weighted by atomic mass is 16.6. The topological polar surface area (TPSA) is 109 Å². The van der Waals surface area contributed by atoms with Crippen molar-refractivity contribution in [3.05, 3.63) is 35.4 Å². The maximum Gasteiger partial charge on any atom is 0.342 e. The maximum atomic E-state index is 13.1. The summed E-state index contributed by atoms with van der Waals surface area (Å²) < 4.78 is 5.74. The molecule has 1 saturated heterocycles. The number of hydrogen-bond donors (Lipinski definition) is 2. The van der Waals surface area contributed by atoms with Gasteiger partial charge in [0.15, 0.2) is 6.61 Å². The molecule has 3 rings (SSSR count). The van der Waals surface area contributed by atoms with Crippen LogP contribution in [0.15, 0.2) is 29.4 Å². The lowest BCUT2D eigenvalue weighted by atomic mass is 9.97. The number of carbonyl (C=O) groups is 2. The van der Waals surface area contributed by atoms with Crippen molar-refractivity contribution < 1.29 is 29.4 Å². The second-order valence-electron chi connectivity index (χ2n) is 9.32. The Bertz CT molecular complexity index is 920. The van der Waals surface area contributed by atoms with Crippen molar-refractivity contribution >= 4 is 17.6 Å². The van der Waals surface area contributed by atoms with Crippen molar-refractivity contribution in [3.8, 4) is 11.5 Å². The van der Waals surface area contributed by atoms with Crippen LogP contribution in [-0.4, -0.2) is 58.5 Å². The smallest absolute Gasteiger partial charge is 0.342 e.